The molecule has 0 saturated heterocycles. The second-order valence-electron chi connectivity index (χ2n) is 8.00. The fourth-order valence-electron chi connectivity index (χ4n) is 5.24. The highest BCUT2D eigenvalue weighted by Crippen LogP contribution is 2.50. The van der Waals surface area contributed by atoms with E-state index in [1.807, 2.05) is 36.4 Å². The topological polar surface area (TPSA) is 40.5 Å². The summed E-state index contributed by atoms with van der Waals surface area (Å²) >= 11 is 0. The molecule has 0 aliphatic heterocycles. The minimum Gasteiger partial charge on any atom is -0.507 e. The van der Waals surface area contributed by atoms with Crippen LogP contribution >= 0.6 is 0 Å². The number of rotatable bonds is 2. The normalized spacial score (nSPS) is 16.4. The van der Waals surface area contributed by atoms with Crippen molar-refractivity contribution < 1.29 is 10.2 Å². The van der Waals surface area contributed by atoms with Crippen molar-refractivity contribution in [1.82, 2.24) is 0 Å². The van der Waals surface area contributed by atoms with Crippen LogP contribution in [0.1, 0.15) is 43.2 Å². The van der Waals surface area contributed by atoms with Gasteiger partial charge in [-0.3, -0.25) is 0 Å². The van der Waals surface area contributed by atoms with Crippen LogP contribution in [0.5, 0.6) is 11.5 Å². The number of benzene rings is 4. The predicted octanol–water partition coefficient (Wildman–Crippen LogP) is 6.65. The van der Waals surface area contributed by atoms with Gasteiger partial charge in [0, 0.05) is 16.2 Å². The van der Waals surface area contributed by atoms with Crippen molar-refractivity contribution in [1.29, 1.82) is 0 Å². The maximum atomic E-state index is 10.4. The van der Waals surface area contributed by atoms with E-state index in [9.17, 15) is 10.2 Å². The van der Waals surface area contributed by atoms with E-state index in [1.165, 1.54) is 30.4 Å². The summed E-state index contributed by atoms with van der Waals surface area (Å²) < 4.78 is 0. The Labute approximate surface area is 165 Å². The quantitative estimate of drug-likeness (QED) is 0.415. The smallest absolute Gasteiger partial charge is 0.123 e. The lowest BCUT2D eigenvalue weighted by atomic mass is 9.63. The van der Waals surface area contributed by atoms with Gasteiger partial charge < -0.3 is 10.2 Å². The first kappa shape index (κ1) is 17.1. The van der Waals surface area contributed by atoms with E-state index < -0.39 is 0 Å². The first-order chi connectivity index (χ1) is 13.7. The van der Waals surface area contributed by atoms with Crippen molar-refractivity contribution in [2.45, 2.75) is 37.5 Å². The monoisotopic (exact) mass is 368 g/mol. The largest absolute Gasteiger partial charge is 0.507 e. The molecule has 1 aliphatic carbocycles. The lowest BCUT2D eigenvalue weighted by molar-refractivity contribution is 0.350. The Kier molecular flexibility index (Phi) is 4.01. The zero-order chi connectivity index (χ0) is 19.1. The number of hydrogen-bond acceptors (Lipinski definition) is 2. The molecule has 0 aromatic heterocycles. The molecule has 2 N–H and O–H groups in total. The van der Waals surface area contributed by atoms with Crippen LogP contribution < -0.4 is 0 Å². The SMILES string of the molecule is Oc1ccc(C2(c3ccc(O)c4ccccc34)CCCCC2)c2ccccc12. The fourth-order valence-corrected chi connectivity index (χ4v) is 5.24. The lowest BCUT2D eigenvalue weighted by Crippen LogP contribution is -2.31. The van der Waals surface area contributed by atoms with Gasteiger partial charge in [0.15, 0.2) is 0 Å². The average Bonchev–Trinajstić information content (AvgIpc) is 2.75. The van der Waals surface area contributed by atoms with Crippen LogP contribution in [-0.2, 0) is 5.41 Å². The van der Waals surface area contributed by atoms with Crippen molar-refractivity contribution in [2.75, 3.05) is 0 Å². The van der Waals surface area contributed by atoms with Crippen LogP contribution in [0.2, 0.25) is 0 Å². The molecule has 28 heavy (non-hydrogen) atoms. The molecular formula is C26H24O2. The molecule has 5 rings (SSSR count). The number of phenolic OH excluding ortho intramolecular Hbond substituents is 2. The van der Waals surface area contributed by atoms with Crippen LogP contribution in [0.15, 0.2) is 72.8 Å². The zero-order valence-corrected chi connectivity index (χ0v) is 15.9. The van der Waals surface area contributed by atoms with Gasteiger partial charge in [-0.1, -0.05) is 79.9 Å². The highest BCUT2D eigenvalue weighted by Gasteiger charge is 2.38. The molecule has 0 radical (unpaired) electrons. The highest BCUT2D eigenvalue weighted by atomic mass is 16.3. The third kappa shape index (κ3) is 2.48. The van der Waals surface area contributed by atoms with Gasteiger partial charge in [-0.2, -0.15) is 0 Å². The third-order valence-electron chi connectivity index (χ3n) is 6.54. The van der Waals surface area contributed by atoms with E-state index in [0.29, 0.717) is 11.5 Å². The van der Waals surface area contributed by atoms with E-state index in [4.69, 9.17) is 0 Å². The van der Waals surface area contributed by atoms with Gasteiger partial charge in [0.1, 0.15) is 11.5 Å². The van der Waals surface area contributed by atoms with Gasteiger partial charge in [0.2, 0.25) is 0 Å². The van der Waals surface area contributed by atoms with E-state index in [2.05, 4.69) is 36.4 Å². The van der Waals surface area contributed by atoms with Crippen molar-refractivity contribution >= 4 is 21.5 Å². The Morgan fingerprint density at radius 3 is 1.39 bits per heavy atom. The molecule has 0 spiro atoms. The summed E-state index contributed by atoms with van der Waals surface area (Å²) in [6.07, 6.45) is 5.79. The molecule has 1 saturated carbocycles. The first-order valence-corrected chi connectivity index (χ1v) is 10.1. The van der Waals surface area contributed by atoms with Gasteiger partial charge in [-0.05, 0) is 46.9 Å². The lowest BCUT2D eigenvalue weighted by Gasteiger charge is -2.40. The Balaban J connectivity index is 1.87. The number of phenols is 2. The van der Waals surface area contributed by atoms with Gasteiger partial charge in [0.05, 0.1) is 0 Å². The summed E-state index contributed by atoms with van der Waals surface area (Å²) in [7, 11) is 0. The molecule has 4 aromatic rings. The summed E-state index contributed by atoms with van der Waals surface area (Å²) in [6, 6.07) is 24.2. The summed E-state index contributed by atoms with van der Waals surface area (Å²) in [6.45, 7) is 0. The van der Waals surface area contributed by atoms with Gasteiger partial charge in [-0.25, -0.2) is 0 Å². The minimum atomic E-state index is -0.112. The second kappa shape index (κ2) is 6.56. The van der Waals surface area contributed by atoms with Gasteiger partial charge >= 0.3 is 0 Å². The summed E-state index contributed by atoms with van der Waals surface area (Å²) in [4.78, 5) is 0. The summed E-state index contributed by atoms with van der Waals surface area (Å²) in [5, 5.41) is 24.9. The molecule has 4 aromatic carbocycles. The number of aromatic hydroxyl groups is 2. The van der Waals surface area contributed by atoms with Crippen LogP contribution in [-0.4, -0.2) is 10.2 Å². The number of fused-ring (bicyclic) bond motifs is 2. The van der Waals surface area contributed by atoms with Crippen molar-refractivity contribution in [3.8, 4) is 11.5 Å². The van der Waals surface area contributed by atoms with E-state index in [1.54, 1.807) is 0 Å². The third-order valence-corrected chi connectivity index (χ3v) is 6.54. The predicted molar refractivity (Wildman–Crippen MR) is 115 cm³/mol. The van der Waals surface area contributed by atoms with Crippen LogP contribution in [0.4, 0.5) is 0 Å². The van der Waals surface area contributed by atoms with E-state index in [-0.39, 0.29) is 5.41 Å². The zero-order valence-electron chi connectivity index (χ0n) is 15.9. The molecular weight excluding hydrogens is 344 g/mol. The van der Waals surface area contributed by atoms with Crippen LogP contribution in [0.25, 0.3) is 21.5 Å². The molecule has 0 unspecified atom stereocenters. The average molecular weight is 368 g/mol. The highest BCUT2D eigenvalue weighted by molar-refractivity contribution is 5.95. The molecule has 140 valence electrons. The van der Waals surface area contributed by atoms with Crippen molar-refractivity contribution in [3.63, 3.8) is 0 Å². The minimum absolute atomic E-state index is 0.112. The Morgan fingerprint density at radius 1 is 0.500 bits per heavy atom. The van der Waals surface area contributed by atoms with Gasteiger partial charge in [-0.15, -0.1) is 0 Å². The molecule has 0 bridgehead atoms. The molecule has 2 nitrogen and oxygen atoms in total. The Hall–Kier alpha value is -3.00. The standard InChI is InChI=1S/C26H24O2/c27-24-14-12-22(18-8-2-4-10-20(18)24)26(16-6-1-7-17-26)23-13-15-25(28)21-11-5-3-9-19(21)23/h2-5,8-15,27-28H,1,6-7,16-17H2. The second-order valence-corrected chi connectivity index (χ2v) is 8.00. The molecule has 1 aliphatic rings. The molecule has 0 amide bonds. The first-order valence-electron chi connectivity index (χ1n) is 10.1. The van der Waals surface area contributed by atoms with Crippen molar-refractivity contribution in [3.05, 3.63) is 83.9 Å². The van der Waals surface area contributed by atoms with Crippen LogP contribution in [0, 0.1) is 0 Å². The summed E-state index contributed by atoms with van der Waals surface area (Å²) in [5.74, 6) is 0.668. The van der Waals surface area contributed by atoms with E-state index >= 15 is 0 Å². The Bertz CT molecular complexity index is 1080. The van der Waals surface area contributed by atoms with E-state index in [0.717, 1.165) is 34.4 Å². The van der Waals surface area contributed by atoms with Gasteiger partial charge in [0.25, 0.3) is 0 Å². The molecule has 0 atom stereocenters. The molecule has 0 heterocycles. The van der Waals surface area contributed by atoms with Crippen LogP contribution in [0.3, 0.4) is 0 Å². The molecule has 1 fully saturated rings. The molecule has 2 heteroatoms. The maximum Gasteiger partial charge on any atom is 0.123 e. The van der Waals surface area contributed by atoms with Crippen molar-refractivity contribution in [2.24, 2.45) is 0 Å². The maximum absolute atomic E-state index is 10.4. The fraction of sp³-hybridized carbons (Fsp3) is 0.231. The Morgan fingerprint density at radius 2 is 0.929 bits per heavy atom. The number of hydrogen-bond donors (Lipinski definition) is 2. The summed E-state index contributed by atoms with van der Waals surface area (Å²) in [5.41, 5.74) is 2.46.